The number of aromatic nitrogens is 1. The van der Waals surface area contributed by atoms with Crippen LogP contribution in [0.1, 0.15) is 35.7 Å². The minimum atomic E-state index is -0.0310. The van der Waals surface area contributed by atoms with Gasteiger partial charge >= 0.3 is 0 Å². The van der Waals surface area contributed by atoms with Crippen molar-refractivity contribution in [2.24, 2.45) is 0 Å². The van der Waals surface area contributed by atoms with Gasteiger partial charge in [0, 0.05) is 25.1 Å². The summed E-state index contributed by atoms with van der Waals surface area (Å²) >= 11 is 0. The highest BCUT2D eigenvalue weighted by Gasteiger charge is 2.07. The van der Waals surface area contributed by atoms with Gasteiger partial charge in [-0.05, 0) is 5.56 Å². The number of carbonyl (C=O) groups is 1. The third-order valence-corrected chi connectivity index (χ3v) is 3.22. The van der Waals surface area contributed by atoms with E-state index in [0.29, 0.717) is 12.1 Å². The molecule has 0 fully saturated rings. The summed E-state index contributed by atoms with van der Waals surface area (Å²) in [5.41, 5.74) is 1.81. The molecule has 4 heteroatoms. The number of halogens is 1. The lowest BCUT2D eigenvalue weighted by Gasteiger charge is -2.05. The quantitative estimate of drug-likeness (QED) is 0.529. The zero-order valence-corrected chi connectivity index (χ0v) is 14.4. The van der Waals surface area contributed by atoms with Crippen molar-refractivity contribution in [3.8, 4) is 0 Å². The summed E-state index contributed by atoms with van der Waals surface area (Å²) in [7, 11) is 0. The molecule has 1 amide bonds. The first-order valence-corrected chi connectivity index (χ1v) is 7.11. The topological polar surface area (TPSA) is 33.0 Å². The number of nitrogens with zero attached hydrogens (tertiary/aromatic N) is 1. The number of nitrogens with one attached hydrogen (secondary N) is 1. The number of amides is 1. The molecule has 1 N–H and O–H groups in total. The third kappa shape index (κ3) is 5.83. The molecule has 0 radical (unpaired) electrons. The molecule has 0 bridgehead atoms. The van der Waals surface area contributed by atoms with E-state index in [4.69, 9.17) is 0 Å². The molecule has 1 heterocycles. The molecule has 3 nitrogen and oxygen atoms in total. The van der Waals surface area contributed by atoms with E-state index in [-0.39, 0.29) is 29.9 Å². The molecule has 0 aliphatic rings. The van der Waals surface area contributed by atoms with Gasteiger partial charge in [-0.15, -0.1) is 0 Å². The van der Waals surface area contributed by atoms with Gasteiger partial charge in [-0.1, -0.05) is 43.7 Å². The molecular weight excluding hydrogens is 375 g/mol. The Bertz CT molecular complexity index is 540. The molecule has 2 aromatic rings. The Morgan fingerprint density at radius 2 is 1.76 bits per heavy atom. The van der Waals surface area contributed by atoms with Crippen LogP contribution < -0.4 is 33.9 Å². The van der Waals surface area contributed by atoms with Gasteiger partial charge in [-0.25, -0.2) is 4.57 Å². The second kappa shape index (κ2) is 9.50. The smallest absolute Gasteiger partial charge is 0.252 e. The average molecular weight is 396 g/mol. The van der Waals surface area contributed by atoms with E-state index in [2.05, 4.69) is 16.8 Å². The van der Waals surface area contributed by atoms with E-state index in [1.165, 1.54) is 6.42 Å². The van der Waals surface area contributed by atoms with E-state index in [1.807, 2.05) is 54.9 Å². The van der Waals surface area contributed by atoms with Crippen molar-refractivity contribution in [1.82, 2.24) is 5.32 Å². The summed E-state index contributed by atoms with van der Waals surface area (Å²) in [6.07, 6.45) is 6.26. The fraction of sp³-hybridized carbons (Fsp3) is 0.294. The van der Waals surface area contributed by atoms with E-state index < -0.39 is 0 Å². The van der Waals surface area contributed by atoms with Crippen LogP contribution in [0.4, 0.5) is 0 Å². The molecule has 0 spiro atoms. The van der Waals surface area contributed by atoms with E-state index >= 15 is 0 Å². The first-order valence-electron chi connectivity index (χ1n) is 7.11. The van der Waals surface area contributed by atoms with Crippen molar-refractivity contribution < 1.29 is 33.3 Å². The van der Waals surface area contributed by atoms with Crippen molar-refractivity contribution in [2.45, 2.75) is 32.9 Å². The van der Waals surface area contributed by atoms with Gasteiger partial charge < -0.3 is 29.3 Å². The average Bonchev–Trinajstić information content (AvgIpc) is 2.52. The molecule has 112 valence electrons. The fourth-order valence-electron chi connectivity index (χ4n) is 1.98. The number of rotatable bonds is 6. The lowest BCUT2D eigenvalue weighted by molar-refractivity contribution is -0.697. The Morgan fingerprint density at radius 3 is 2.38 bits per heavy atom. The molecule has 0 saturated heterocycles. The Morgan fingerprint density at radius 1 is 1.10 bits per heavy atom. The van der Waals surface area contributed by atoms with Crippen LogP contribution in [0, 0.1) is 0 Å². The molecule has 0 saturated carbocycles. The first kappa shape index (κ1) is 17.6. The van der Waals surface area contributed by atoms with Gasteiger partial charge in [0.2, 0.25) is 0 Å². The van der Waals surface area contributed by atoms with Crippen molar-refractivity contribution >= 4 is 5.91 Å². The summed E-state index contributed by atoms with van der Waals surface area (Å²) in [5, 5.41) is 2.93. The lowest BCUT2D eigenvalue weighted by Crippen LogP contribution is -3.00. The number of aryl methyl sites for hydroxylation is 1. The normalized spacial score (nSPS) is 9.76. The summed E-state index contributed by atoms with van der Waals surface area (Å²) < 4.78 is 2.11. The van der Waals surface area contributed by atoms with Crippen LogP contribution in [0.2, 0.25) is 0 Å². The van der Waals surface area contributed by atoms with Crippen LogP contribution in [0.5, 0.6) is 0 Å². The Balaban J connectivity index is 0.00000220. The molecule has 0 aliphatic heterocycles. The number of hydrogen-bond donors (Lipinski definition) is 1. The van der Waals surface area contributed by atoms with Crippen LogP contribution in [-0.4, -0.2) is 5.91 Å². The number of carbonyl (C=O) groups excluding carboxylic acids is 1. The van der Waals surface area contributed by atoms with Crippen LogP contribution >= 0.6 is 0 Å². The van der Waals surface area contributed by atoms with Crippen LogP contribution in [0.15, 0.2) is 54.9 Å². The van der Waals surface area contributed by atoms with Crippen molar-refractivity contribution in [1.29, 1.82) is 0 Å². The molecule has 0 atom stereocenters. The standard InChI is InChI=1S/C17H20N2O.HI/c1-2-3-11-19-12-9-16(10-13-19)17(20)18-14-15-7-5-4-6-8-15;/h4-10,12-13H,2-3,11,14H2,1H3;1H. The Hall–Kier alpha value is -1.43. The molecule has 2 rings (SSSR count). The SMILES string of the molecule is CCCC[n+]1ccc(C(=O)NCc2ccccc2)cc1.[I-]. The number of benzene rings is 1. The van der Waals surface area contributed by atoms with Crippen LogP contribution in [0.25, 0.3) is 0 Å². The molecule has 21 heavy (non-hydrogen) atoms. The highest BCUT2D eigenvalue weighted by atomic mass is 127. The van der Waals surface area contributed by atoms with Gasteiger partial charge in [0.05, 0.1) is 5.56 Å². The van der Waals surface area contributed by atoms with Crippen molar-refractivity contribution in [3.05, 3.63) is 66.0 Å². The number of hydrogen-bond acceptors (Lipinski definition) is 1. The molecule has 1 aromatic heterocycles. The predicted molar refractivity (Wildman–Crippen MR) is 79.2 cm³/mol. The lowest BCUT2D eigenvalue weighted by atomic mass is 10.2. The van der Waals surface area contributed by atoms with Crippen LogP contribution in [-0.2, 0) is 13.1 Å². The molecule has 0 aliphatic carbocycles. The third-order valence-electron chi connectivity index (χ3n) is 3.22. The minimum Gasteiger partial charge on any atom is -1.00 e. The maximum absolute atomic E-state index is 12.0. The van der Waals surface area contributed by atoms with Gasteiger partial charge in [0.25, 0.3) is 5.91 Å². The highest BCUT2D eigenvalue weighted by Crippen LogP contribution is 2.00. The zero-order valence-electron chi connectivity index (χ0n) is 12.3. The Kier molecular flexibility index (Phi) is 7.97. The summed E-state index contributed by atoms with van der Waals surface area (Å²) in [4.78, 5) is 12.0. The van der Waals surface area contributed by atoms with Crippen LogP contribution in [0.3, 0.4) is 0 Å². The fourth-order valence-corrected chi connectivity index (χ4v) is 1.98. The largest absolute Gasteiger partial charge is 1.00 e. The minimum absolute atomic E-state index is 0. The van der Waals surface area contributed by atoms with E-state index in [0.717, 1.165) is 18.5 Å². The summed E-state index contributed by atoms with van der Waals surface area (Å²) in [6, 6.07) is 13.7. The van der Waals surface area contributed by atoms with Gasteiger partial charge in [0.1, 0.15) is 6.54 Å². The second-order valence-electron chi connectivity index (χ2n) is 4.85. The predicted octanol–water partition coefficient (Wildman–Crippen LogP) is -0.292. The monoisotopic (exact) mass is 396 g/mol. The summed E-state index contributed by atoms with van der Waals surface area (Å²) in [5.74, 6) is -0.0310. The second-order valence-corrected chi connectivity index (χ2v) is 4.85. The van der Waals surface area contributed by atoms with Gasteiger partial charge in [-0.3, -0.25) is 4.79 Å². The zero-order chi connectivity index (χ0) is 14.2. The molecular formula is C17H21IN2O. The molecule has 1 aromatic carbocycles. The van der Waals surface area contributed by atoms with E-state index in [1.54, 1.807) is 0 Å². The van der Waals surface area contributed by atoms with Gasteiger partial charge in [0.15, 0.2) is 12.4 Å². The summed E-state index contributed by atoms with van der Waals surface area (Å²) in [6.45, 7) is 3.73. The maximum atomic E-state index is 12.0. The highest BCUT2D eigenvalue weighted by molar-refractivity contribution is 5.93. The maximum Gasteiger partial charge on any atom is 0.252 e. The number of pyridine rings is 1. The first-order chi connectivity index (χ1) is 9.79. The number of unbranched alkanes of at least 4 members (excludes halogenated alkanes) is 1. The Labute approximate surface area is 143 Å². The van der Waals surface area contributed by atoms with Gasteiger partial charge in [-0.2, -0.15) is 0 Å². The van der Waals surface area contributed by atoms with Crippen molar-refractivity contribution in [2.75, 3.05) is 0 Å². The molecule has 0 unspecified atom stereocenters. The van der Waals surface area contributed by atoms with Crippen molar-refractivity contribution in [3.63, 3.8) is 0 Å². The van der Waals surface area contributed by atoms with E-state index in [9.17, 15) is 4.79 Å².